The third-order valence-corrected chi connectivity index (χ3v) is 4.19. The maximum Gasteiger partial charge on any atom is 0.360 e. The lowest BCUT2D eigenvalue weighted by Gasteiger charge is -2.06. The molecule has 0 spiro atoms. The van der Waals surface area contributed by atoms with Crippen LogP contribution in [-0.4, -0.2) is 0 Å². The zero-order valence-electron chi connectivity index (χ0n) is 17.3. The van der Waals surface area contributed by atoms with Gasteiger partial charge in [-0.15, -0.1) is 4.39 Å². The highest BCUT2D eigenvalue weighted by molar-refractivity contribution is 6.04. The summed E-state index contributed by atoms with van der Waals surface area (Å²) in [6.07, 6.45) is 1.68. The molecule has 1 nitrogen and oxygen atoms in total. The molecule has 0 radical (unpaired) electrons. The number of fused-ring (bicyclic) bond motifs is 2. The van der Waals surface area contributed by atoms with Gasteiger partial charge >= 0.3 is 5.95 Å². The Hall–Kier alpha value is -3.18. The third kappa shape index (κ3) is 4.56. The fourth-order valence-electron chi connectivity index (χ4n) is 2.90. The van der Waals surface area contributed by atoms with Gasteiger partial charge in [-0.05, 0) is 27.6 Å². The number of pyridine rings is 1. The molecule has 0 saturated heterocycles. The van der Waals surface area contributed by atoms with Crippen molar-refractivity contribution in [1.29, 1.82) is 0 Å². The smallest absolute Gasteiger partial charge is 0.176 e. The van der Waals surface area contributed by atoms with Crippen molar-refractivity contribution in [3.8, 4) is 11.8 Å². The number of aryl methyl sites for hydroxylation is 1. The Morgan fingerprint density at radius 2 is 1.25 bits per heavy atom. The standard InChI is InChI=1S/C22H15FN.2C2H6/c1-24-13-12-16(14-22(24)23)10-11-21-19-8-4-2-6-17(19)15-18-7-3-5-9-20(18)21;2*1-2/h2-9,12-15H,1H3;2*1-2H3/q+1;;. The first-order valence-corrected chi connectivity index (χ1v) is 9.80. The van der Waals surface area contributed by atoms with Crippen molar-refractivity contribution in [3.05, 3.63) is 90.0 Å². The van der Waals surface area contributed by atoms with Gasteiger partial charge in [0.25, 0.3) is 0 Å². The summed E-state index contributed by atoms with van der Waals surface area (Å²) in [5.41, 5.74) is 1.65. The molecule has 4 rings (SSSR count). The monoisotopic (exact) mass is 372 g/mol. The molecular formula is C26H27FN+. The van der Waals surface area contributed by atoms with Crippen LogP contribution >= 0.6 is 0 Å². The molecule has 0 aliphatic carbocycles. The lowest BCUT2D eigenvalue weighted by atomic mass is 9.97. The van der Waals surface area contributed by atoms with Gasteiger partial charge in [-0.3, -0.25) is 0 Å². The van der Waals surface area contributed by atoms with Gasteiger partial charge in [-0.2, -0.15) is 4.57 Å². The molecule has 4 aromatic rings. The average Bonchev–Trinajstić information content (AvgIpc) is 2.76. The van der Waals surface area contributed by atoms with Crippen molar-refractivity contribution < 1.29 is 8.96 Å². The Kier molecular flexibility index (Phi) is 7.72. The number of hydrogen-bond donors (Lipinski definition) is 0. The molecule has 1 aromatic heterocycles. The highest BCUT2D eigenvalue weighted by atomic mass is 19.1. The summed E-state index contributed by atoms with van der Waals surface area (Å²) in [6, 6.07) is 21.9. The Balaban J connectivity index is 0.000000660. The van der Waals surface area contributed by atoms with Crippen molar-refractivity contribution in [3.63, 3.8) is 0 Å². The number of rotatable bonds is 0. The van der Waals surface area contributed by atoms with Crippen LogP contribution in [0.4, 0.5) is 4.39 Å². The van der Waals surface area contributed by atoms with E-state index < -0.39 is 0 Å². The summed E-state index contributed by atoms with van der Waals surface area (Å²) in [7, 11) is 1.67. The van der Waals surface area contributed by atoms with Crippen LogP contribution in [0.1, 0.15) is 38.8 Å². The van der Waals surface area contributed by atoms with E-state index in [9.17, 15) is 4.39 Å². The van der Waals surface area contributed by atoms with Crippen LogP contribution in [-0.2, 0) is 7.05 Å². The van der Waals surface area contributed by atoms with Crippen molar-refractivity contribution in [2.75, 3.05) is 0 Å². The molecular weight excluding hydrogens is 345 g/mol. The maximum atomic E-state index is 13.7. The van der Waals surface area contributed by atoms with Crippen molar-refractivity contribution >= 4 is 21.5 Å². The van der Waals surface area contributed by atoms with Crippen LogP contribution in [0.15, 0.2) is 72.9 Å². The second kappa shape index (κ2) is 10.2. The summed E-state index contributed by atoms with van der Waals surface area (Å²) in [6.45, 7) is 8.00. The van der Waals surface area contributed by atoms with Gasteiger partial charge in [0.1, 0.15) is 7.05 Å². The van der Waals surface area contributed by atoms with Crippen LogP contribution < -0.4 is 4.57 Å². The molecule has 0 fully saturated rings. The second-order valence-electron chi connectivity index (χ2n) is 5.79. The number of halogens is 1. The van der Waals surface area contributed by atoms with Crippen LogP contribution in [0.3, 0.4) is 0 Å². The predicted molar refractivity (Wildman–Crippen MR) is 118 cm³/mol. The molecule has 0 amide bonds. The Morgan fingerprint density at radius 1 is 0.714 bits per heavy atom. The van der Waals surface area contributed by atoms with Gasteiger partial charge in [0, 0.05) is 17.2 Å². The minimum atomic E-state index is -0.301. The lowest BCUT2D eigenvalue weighted by molar-refractivity contribution is -0.700. The van der Waals surface area contributed by atoms with Gasteiger partial charge in [-0.1, -0.05) is 88.1 Å². The van der Waals surface area contributed by atoms with Gasteiger partial charge in [0.2, 0.25) is 0 Å². The van der Waals surface area contributed by atoms with Gasteiger partial charge in [0.15, 0.2) is 6.20 Å². The normalized spacial score (nSPS) is 9.50. The van der Waals surface area contributed by atoms with E-state index >= 15 is 0 Å². The molecule has 0 saturated carbocycles. The van der Waals surface area contributed by atoms with E-state index in [0.717, 1.165) is 27.1 Å². The van der Waals surface area contributed by atoms with Crippen molar-refractivity contribution in [2.24, 2.45) is 7.05 Å². The van der Waals surface area contributed by atoms with Crippen LogP contribution in [0.25, 0.3) is 21.5 Å². The number of hydrogen-bond acceptors (Lipinski definition) is 0. The van der Waals surface area contributed by atoms with Crippen LogP contribution in [0.2, 0.25) is 0 Å². The van der Waals surface area contributed by atoms with E-state index in [-0.39, 0.29) is 5.95 Å². The summed E-state index contributed by atoms with van der Waals surface area (Å²) in [5.74, 6) is 6.08. The fourth-order valence-corrected chi connectivity index (χ4v) is 2.90. The molecule has 142 valence electrons. The minimum absolute atomic E-state index is 0.301. The summed E-state index contributed by atoms with van der Waals surface area (Å²) < 4.78 is 15.1. The zero-order chi connectivity index (χ0) is 20.5. The van der Waals surface area contributed by atoms with Crippen LogP contribution in [0, 0.1) is 17.8 Å². The quantitative estimate of drug-likeness (QED) is 0.145. The third-order valence-electron chi connectivity index (χ3n) is 4.19. The van der Waals surface area contributed by atoms with Crippen molar-refractivity contribution in [2.45, 2.75) is 27.7 Å². The number of aromatic nitrogens is 1. The average molecular weight is 373 g/mol. The molecule has 0 atom stereocenters. The van der Waals surface area contributed by atoms with Crippen molar-refractivity contribution in [1.82, 2.24) is 0 Å². The first-order chi connectivity index (χ1) is 13.7. The second-order valence-corrected chi connectivity index (χ2v) is 5.79. The number of benzene rings is 3. The Labute approximate surface area is 167 Å². The molecule has 0 bridgehead atoms. The molecule has 2 heteroatoms. The highest BCUT2D eigenvalue weighted by Crippen LogP contribution is 2.27. The zero-order valence-corrected chi connectivity index (χ0v) is 17.3. The topological polar surface area (TPSA) is 3.88 Å². The molecule has 3 aromatic carbocycles. The molecule has 28 heavy (non-hydrogen) atoms. The summed E-state index contributed by atoms with van der Waals surface area (Å²) in [4.78, 5) is 0. The minimum Gasteiger partial charge on any atom is -0.176 e. The summed E-state index contributed by atoms with van der Waals surface area (Å²) in [5, 5.41) is 4.55. The van der Waals surface area contributed by atoms with Gasteiger partial charge in [-0.25, -0.2) is 0 Å². The fraction of sp³-hybridized carbons (Fsp3) is 0.192. The van der Waals surface area contributed by atoms with E-state index in [1.54, 1.807) is 13.2 Å². The van der Waals surface area contributed by atoms with Gasteiger partial charge in [0.05, 0.1) is 6.07 Å². The van der Waals surface area contributed by atoms with E-state index in [1.165, 1.54) is 10.6 Å². The van der Waals surface area contributed by atoms with E-state index in [1.807, 2.05) is 58.0 Å². The Morgan fingerprint density at radius 3 is 1.79 bits per heavy atom. The van der Waals surface area contributed by atoms with Gasteiger partial charge < -0.3 is 0 Å². The molecule has 0 aliphatic rings. The van der Waals surface area contributed by atoms with Crippen LogP contribution in [0.5, 0.6) is 0 Å². The Bertz CT molecular complexity index is 1080. The molecule has 0 N–H and O–H groups in total. The molecule has 1 heterocycles. The van der Waals surface area contributed by atoms with E-state index in [2.05, 4.69) is 42.2 Å². The first-order valence-electron chi connectivity index (χ1n) is 9.80. The van der Waals surface area contributed by atoms with E-state index in [4.69, 9.17) is 0 Å². The number of nitrogens with zero attached hydrogens (tertiary/aromatic N) is 1. The highest BCUT2D eigenvalue weighted by Gasteiger charge is 2.06. The lowest BCUT2D eigenvalue weighted by Crippen LogP contribution is -2.32. The largest absolute Gasteiger partial charge is 0.360 e. The predicted octanol–water partition coefficient (Wildman–Crippen LogP) is 6.41. The maximum absolute atomic E-state index is 13.7. The SMILES string of the molecule is CC.CC.C[n+]1ccc(C#Cc2c3ccccc3cc3ccccc23)cc1F. The first kappa shape index (κ1) is 21.1. The summed E-state index contributed by atoms with van der Waals surface area (Å²) >= 11 is 0. The molecule has 0 aliphatic heterocycles. The van der Waals surface area contributed by atoms with E-state index in [0.29, 0.717) is 5.56 Å². The molecule has 0 unspecified atom stereocenters.